The SMILES string of the molecule is CCN(CC)C(=O)[C@H](OC(=O)/C=C/c1ccc([N+](=O)[O-])cc1)c1ccccc1. The summed E-state index contributed by atoms with van der Waals surface area (Å²) in [5, 5.41) is 10.7. The Bertz CT molecular complexity index is 843. The third-order valence-electron chi connectivity index (χ3n) is 4.15. The number of likely N-dealkylation sites (N-methyl/N-ethyl adjacent to an activating group) is 1. The topological polar surface area (TPSA) is 89.8 Å². The van der Waals surface area contributed by atoms with Crippen LogP contribution in [0.2, 0.25) is 0 Å². The van der Waals surface area contributed by atoms with Crippen molar-refractivity contribution >= 4 is 23.6 Å². The Balaban J connectivity index is 2.15. The van der Waals surface area contributed by atoms with Crippen LogP contribution in [0, 0.1) is 10.1 Å². The molecule has 7 heteroatoms. The molecule has 1 atom stereocenters. The number of amides is 1. The number of hydrogen-bond acceptors (Lipinski definition) is 5. The van der Waals surface area contributed by atoms with Gasteiger partial charge >= 0.3 is 5.97 Å². The Kier molecular flexibility index (Phi) is 7.45. The molecule has 0 aliphatic rings. The van der Waals surface area contributed by atoms with Gasteiger partial charge in [0.15, 0.2) is 0 Å². The van der Waals surface area contributed by atoms with Crippen molar-refractivity contribution in [2.75, 3.05) is 13.1 Å². The van der Waals surface area contributed by atoms with Crippen molar-refractivity contribution in [2.45, 2.75) is 20.0 Å². The van der Waals surface area contributed by atoms with E-state index in [1.165, 1.54) is 36.4 Å². The number of carbonyl (C=O) groups is 2. The van der Waals surface area contributed by atoms with Crippen LogP contribution >= 0.6 is 0 Å². The first kappa shape index (κ1) is 20.8. The smallest absolute Gasteiger partial charge is 0.331 e. The highest BCUT2D eigenvalue weighted by molar-refractivity contribution is 5.91. The molecule has 2 aromatic rings. The molecule has 0 spiro atoms. The molecule has 2 rings (SSSR count). The zero-order valence-electron chi connectivity index (χ0n) is 15.8. The number of nitro groups is 1. The minimum Gasteiger partial charge on any atom is -0.444 e. The first-order valence-electron chi connectivity index (χ1n) is 8.93. The molecule has 0 heterocycles. The molecule has 0 saturated carbocycles. The maximum Gasteiger partial charge on any atom is 0.331 e. The average Bonchev–Trinajstić information content (AvgIpc) is 2.72. The zero-order valence-corrected chi connectivity index (χ0v) is 15.8. The lowest BCUT2D eigenvalue weighted by molar-refractivity contribution is -0.384. The van der Waals surface area contributed by atoms with Gasteiger partial charge in [0.25, 0.3) is 11.6 Å². The van der Waals surface area contributed by atoms with Gasteiger partial charge in [0, 0.05) is 36.9 Å². The number of ether oxygens (including phenoxy) is 1. The molecule has 0 N–H and O–H groups in total. The first-order valence-corrected chi connectivity index (χ1v) is 8.93. The number of hydrogen-bond donors (Lipinski definition) is 0. The predicted molar refractivity (Wildman–Crippen MR) is 105 cm³/mol. The lowest BCUT2D eigenvalue weighted by atomic mass is 10.1. The molecule has 0 saturated heterocycles. The quantitative estimate of drug-likeness (QED) is 0.300. The van der Waals surface area contributed by atoms with Crippen molar-refractivity contribution < 1.29 is 19.2 Å². The van der Waals surface area contributed by atoms with E-state index in [9.17, 15) is 19.7 Å². The van der Waals surface area contributed by atoms with Gasteiger partial charge in [-0.1, -0.05) is 30.3 Å². The molecule has 146 valence electrons. The Morgan fingerprint density at radius 2 is 1.68 bits per heavy atom. The third-order valence-corrected chi connectivity index (χ3v) is 4.15. The Morgan fingerprint density at radius 3 is 2.21 bits per heavy atom. The van der Waals surface area contributed by atoms with Gasteiger partial charge in [0.05, 0.1) is 4.92 Å². The van der Waals surface area contributed by atoms with Gasteiger partial charge in [-0.3, -0.25) is 14.9 Å². The fourth-order valence-corrected chi connectivity index (χ4v) is 2.62. The Morgan fingerprint density at radius 1 is 1.07 bits per heavy atom. The van der Waals surface area contributed by atoms with Crippen LogP contribution in [0.4, 0.5) is 5.69 Å². The highest BCUT2D eigenvalue weighted by atomic mass is 16.6. The van der Waals surface area contributed by atoms with E-state index in [4.69, 9.17) is 4.74 Å². The lowest BCUT2D eigenvalue weighted by Crippen LogP contribution is -2.36. The highest BCUT2D eigenvalue weighted by Gasteiger charge is 2.27. The van der Waals surface area contributed by atoms with Gasteiger partial charge in [-0.25, -0.2) is 4.79 Å². The van der Waals surface area contributed by atoms with Crippen LogP contribution in [0.3, 0.4) is 0 Å². The van der Waals surface area contributed by atoms with E-state index < -0.39 is 17.0 Å². The van der Waals surface area contributed by atoms with E-state index >= 15 is 0 Å². The normalized spacial score (nSPS) is 11.8. The second kappa shape index (κ2) is 10.0. The maximum absolute atomic E-state index is 12.8. The van der Waals surface area contributed by atoms with E-state index in [1.54, 1.807) is 29.2 Å². The molecule has 2 aromatic carbocycles. The second-order valence-electron chi connectivity index (χ2n) is 5.92. The van der Waals surface area contributed by atoms with Crippen LogP contribution in [0.25, 0.3) is 6.08 Å². The molecule has 0 bridgehead atoms. The summed E-state index contributed by atoms with van der Waals surface area (Å²) in [5.41, 5.74) is 1.17. The lowest BCUT2D eigenvalue weighted by Gasteiger charge is -2.25. The fraction of sp³-hybridized carbons (Fsp3) is 0.238. The fourth-order valence-electron chi connectivity index (χ4n) is 2.62. The van der Waals surface area contributed by atoms with Crippen molar-refractivity contribution in [3.8, 4) is 0 Å². The monoisotopic (exact) mass is 382 g/mol. The van der Waals surface area contributed by atoms with Crippen LogP contribution in [-0.4, -0.2) is 34.8 Å². The van der Waals surface area contributed by atoms with Crippen LogP contribution in [0.15, 0.2) is 60.7 Å². The molecule has 7 nitrogen and oxygen atoms in total. The number of nitrogens with zero attached hydrogens (tertiary/aromatic N) is 2. The van der Waals surface area contributed by atoms with Gasteiger partial charge < -0.3 is 9.64 Å². The largest absolute Gasteiger partial charge is 0.444 e. The summed E-state index contributed by atoms with van der Waals surface area (Å²) in [6.45, 7) is 4.74. The summed E-state index contributed by atoms with van der Waals surface area (Å²) in [6, 6.07) is 14.6. The van der Waals surface area contributed by atoms with Gasteiger partial charge in [-0.2, -0.15) is 0 Å². The molecule has 0 aromatic heterocycles. The van der Waals surface area contributed by atoms with Gasteiger partial charge in [-0.05, 0) is 37.6 Å². The average molecular weight is 382 g/mol. The van der Waals surface area contributed by atoms with Gasteiger partial charge in [0.1, 0.15) is 0 Å². The maximum atomic E-state index is 12.8. The van der Waals surface area contributed by atoms with E-state index in [2.05, 4.69) is 0 Å². The summed E-state index contributed by atoms with van der Waals surface area (Å²) < 4.78 is 5.44. The number of nitro benzene ring substituents is 1. The number of non-ortho nitro benzene ring substituents is 1. The van der Waals surface area contributed by atoms with Crippen molar-refractivity contribution in [3.05, 3.63) is 81.9 Å². The number of benzene rings is 2. The first-order chi connectivity index (χ1) is 13.5. The summed E-state index contributed by atoms with van der Waals surface area (Å²) >= 11 is 0. The summed E-state index contributed by atoms with van der Waals surface area (Å²) in [5.74, 6) is -0.957. The minimum absolute atomic E-state index is 0.0336. The molecule has 0 aliphatic carbocycles. The molecular weight excluding hydrogens is 360 g/mol. The molecule has 1 amide bonds. The van der Waals surface area contributed by atoms with Crippen LogP contribution in [-0.2, 0) is 14.3 Å². The van der Waals surface area contributed by atoms with Crippen LogP contribution < -0.4 is 0 Å². The Labute approximate surface area is 163 Å². The molecule has 0 unspecified atom stereocenters. The van der Waals surface area contributed by atoms with Crippen molar-refractivity contribution in [3.63, 3.8) is 0 Å². The predicted octanol–water partition coefficient (Wildman–Crippen LogP) is 3.76. The van der Waals surface area contributed by atoms with E-state index in [-0.39, 0.29) is 11.6 Å². The highest BCUT2D eigenvalue weighted by Crippen LogP contribution is 2.21. The van der Waals surface area contributed by atoms with Crippen molar-refractivity contribution in [1.82, 2.24) is 4.90 Å². The number of carbonyl (C=O) groups excluding carboxylic acids is 2. The van der Waals surface area contributed by atoms with Crippen LogP contribution in [0.5, 0.6) is 0 Å². The molecule has 0 fully saturated rings. The van der Waals surface area contributed by atoms with E-state index in [1.807, 2.05) is 19.9 Å². The van der Waals surface area contributed by atoms with Crippen LogP contribution in [0.1, 0.15) is 31.1 Å². The number of rotatable bonds is 8. The molecule has 28 heavy (non-hydrogen) atoms. The third kappa shape index (κ3) is 5.51. The summed E-state index contributed by atoms with van der Waals surface area (Å²) in [6.07, 6.45) is 1.65. The Hall–Kier alpha value is -3.48. The van der Waals surface area contributed by atoms with Crippen molar-refractivity contribution in [1.29, 1.82) is 0 Å². The molecule has 0 aliphatic heterocycles. The van der Waals surface area contributed by atoms with E-state index in [0.717, 1.165) is 0 Å². The summed E-state index contributed by atoms with van der Waals surface area (Å²) in [7, 11) is 0. The summed E-state index contributed by atoms with van der Waals surface area (Å²) in [4.78, 5) is 36.9. The van der Waals surface area contributed by atoms with Crippen molar-refractivity contribution in [2.24, 2.45) is 0 Å². The molecular formula is C21H22N2O5. The van der Waals surface area contributed by atoms with E-state index in [0.29, 0.717) is 24.2 Å². The molecule has 0 radical (unpaired) electrons. The minimum atomic E-state index is -1.03. The second-order valence-corrected chi connectivity index (χ2v) is 5.92. The van der Waals surface area contributed by atoms with Gasteiger partial charge in [-0.15, -0.1) is 0 Å². The zero-order chi connectivity index (χ0) is 20.5. The standard InChI is InChI=1S/C21H22N2O5/c1-3-22(4-2)21(25)20(17-8-6-5-7-9-17)28-19(24)15-12-16-10-13-18(14-11-16)23(26)27/h5-15,20H,3-4H2,1-2H3/b15-12+/t20-/m1/s1. The number of esters is 1. The van der Waals surface area contributed by atoms with Gasteiger partial charge in [0.2, 0.25) is 6.10 Å².